The molecule has 0 aromatic carbocycles. The van der Waals surface area contributed by atoms with Gasteiger partial charge in [0.15, 0.2) is 0 Å². The van der Waals surface area contributed by atoms with E-state index in [4.69, 9.17) is 10.6 Å². The van der Waals surface area contributed by atoms with Gasteiger partial charge in [0.2, 0.25) is 0 Å². The van der Waals surface area contributed by atoms with Crippen molar-refractivity contribution in [1.82, 2.24) is 10.4 Å². The number of nitrogens with one attached hydrogen (secondary N) is 2. The molecule has 0 spiro atoms. The highest BCUT2D eigenvalue weighted by atomic mass is 16.5. The van der Waals surface area contributed by atoms with Gasteiger partial charge >= 0.3 is 0 Å². The zero-order valence-corrected chi connectivity index (χ0v) is 6.13. The van der Waals surface area contributed by atoms with Crippen molar-refractivity contribution in [3.8, 4) is 0 Å². The summed E-state index contributed by atoms with van der Waals surface area (Å²) in [5.74, 6) is 5.42. The molecule has 11 heavy (non-hydrogen) atoms. The van der Waals surface area contributed by atoms with E-state index in [0.29, 0.717) is 13.2 Å². The lowest BCUT2D eigenvalue weighted by atomic mass is 9.91. The van der Waals surface area contributed by atoms with Gasteiger partial charge in [-0.25, -0.2) is 5.43 Å². The summed E-state index contributed by atoms with van der Waals surface area (Å²) in [6.07, 6.45) is 3.81. The van der Waals surface area contributed by atoms with Gasteiger partial charge in [-0.05, 0) is 11.6 Å². The average Bonchev–Trinajstić information content (AvgIpc) is 2.39. The first-order chi connectivity index (χ1) is 5.37. The molecular formula is C7H11N3O. The fourth-order valence-corrected chi connectivity index (χ4v) is 1.26. The van der Waals surface area contributed by atoms with E-state index in [1.807, 2.05) is 18.5 Å². The smallest absolute Gasteiger partial charge is 0.105 e. The van der Waals surface area contributed by atoms with Gasteiger partial charge in [-0.3, -0.25) is 5.84 Å². The van der Waals surface area contributed by atoms with Crippen LogP contribution in [0.1, 0.15) is 5.56 Å². The lowest BCUT2D eigenvalue weighted by Crippen LogP contribution is -2.59. The molecule has 0 radical (unpaired) electrons. The van der Waals surface area contributed by atoms with E-state index in [9.17, 15) is 0 Å². The molecule has 0 atom stereocenters. The molecule has 1 aliphatic rings. The van der Waals surface area contributed by atoms with Gasteiger partial charge < -0.3 is 9.72 Å². The Labute approximate surface area is 64.7 Å². The Hall–Kier alpha value is -0.840. The summed E-state index contributed by atoms with van der Waals surface area (Å²) in [6, 6.07) is 2.00. The van der Waals surface area contributed by atoms with Crippen molar-refractivity contribution < 1.29 is 4.74 Å². The number of rotatable bonds is 2. The van der Waals surface area contributed by atoms with Crippen LogP contribution in [0.25, 0.3) is 0 Å². The van der Waals surface area contributed by atoms with E-state index >= 15 is 0 Å². The maximum Gasteiger partial charge on any atom is 0.105 e. The first-order valence-corrected chi connectivity index (χ1v) is 3.56. The quantitative estimate of drug-likeness (QED) is 0.404. The zero-order chi connectivity index (χ0) is 7.73. The minimum atomic E-state index is -0.139. The van der Waals surface area contributed by atoms with Crippen LogP contribution >= 0.6 is 0 Å². The van der Waals surface area contributed by atoms with Crippen molar-refractivity contribution in [2.75, 3.05) is 13.2 Å². The number of ether oxygens (including phenoxy) is 1. The Balaban J connectivity index is 2.25. The van der Waals surface area contributed by atoms with Crippen molar-refractivity contribution in [2.24, 2.45) is 5.84 Å². The van der Waals surface area contributed by atoms with Crippen molar-refractivity contribution in [2.45, 2.75) is 5.54 Å². The van der Waals surface area contributed by atoms with Gasteiger partial charge in [0.05, 0.1) is 13.2 Å². The highest BCUT2D eigenvalue weighted by molar-refractivity contribution is 5.23. The Bertz CT molecular complexity index is 222. The average molecular weight is 153 g/mol. The first kappa shape index (κ1) is 6.84. The number of hydrazine groups is 1. The molecule has 1 aromatic heterocycles. The van der Waals surface area contributed by atoms with E-state index in [0.717, 1.165) is 5.56 Å². The molecule has 0 amide bonds. The molecule has 4 N–H and O–H groups in total. The lowest BCUT2D eigenvalue weighted by molar-refractivity contribution is -0.0786. The van der Waals surface area contributed by atoms with Gasteiger partial charge in [-0.2, -0.15) is 0 Å². The monoisotopic (exact) mass is 153 g/mol. The Morgan fingerprint density at radius 3 is 2.82 bits per heavy atom. The Morgan fingerprint density at radius 2 is 2.45 bits per heavy atom. The second-order valence-electron chi connectivity index (χ2n) is 2.82. The molecule has 2 heterocycles. The molecule has 1 aliphatic heterocycles. The second-order valence-corrected chi connectivity index (χ2v) is 2.82. The van der Waals surface area contributed by atoms with Gasteiger partial charge in [0.25, 0.3) is 0 Å². The number of hydrogen-bond donors (Lipinski definition) is 3. The first-order valence-electron chi connectivity index (χ1n) is 3.56. The van der Waals surface area contributed by atoms with Crippen LogP contribution in [-0.4, -0.2) is 18.2 Å². The summed E-state index contributed by atoms with van der Waals surface area (Å²) in [7, 11) is 0. The number of nitrogens with two attached hydrogens (primary N) is 1. The van der Waals surface area contributed by atoms with Crippen LogP contribution in [-0.2, 0) is 10.3 Å². The van der Waals surface area contributed by atoms with Gasteiger partial charge in [-0.15, -0.1) is 0 Å². The summed E-state index contributed by atoms with van der Waals surface area (Å²) in [6.45, 7) is 1.31. The van der Waals surface area contributed by atoms with E-state index < -0.39 is 0 Å². The van der Waals surface area contributed by atoms with Crippen LogP contribution in [0, 0.1) is 0 Å². The second kappa shape index (κ2) is 2.34. The third kappa shape index (κ3) is 0.875. The Kier molecular flexibility index (Phi) is 1.45. The fourth-order valence-electron chi connectivity index (χ4n) is 1.26. The molecule has 60 valence electrons. The van der Waals surface area contributed by atoms with Crippen LogP contribution < -0.4 is 11.3 Å². The molecule has 4 nitrogen and oxygen atoms in total. The number of hydrogen-bond acceptors (Lipinski definition) is 3. The van der Waals surface area contributed by atoms with Crippen molar-refractivity contribution in [3.63, 3.8) is 0 Å². The minimum absolute atomic E-state index is 0.139. The topological polar surface area (TPSA) is 63.1 Å². The highest BCUT2D eigenvalue weighted by Crippen LogP contribution is 2.27. The highest BCUT2D eigenvalue weighted by Gasteiger charge is 2.39. The predicted octanol–water partition coefficient (Wildman–Crippen LogP) is -0.297. The molecule has 1 aromatic rings. The van der Waals surface area contributed by atoms with Crippen LogP contribution in [0.2, 0.25) is 0 Å². The molecule has 0 saturated carbocycles. The summed E-state index contributed by atoms with van der Waals surface area (Å²) < 4.78 is 5.10. The normalized spacial score (nSPS) is 21.2. The fraction of sp³-hybridized carbons (Fsp3) is 0.429. The van der Waals surface area contributed by atoms with Crippen molar-refractivity contribution in [1.29, 1.82) is 0 Å². The predicted molar refractivity (Wildman–Crippen MR) is 40.6 cm³/mol. The van der Waals surface area contributed by atoms with E-state index in [1.165, 1.54) is 0 Å². The standard InChI is InChI=1S/C7H11N3O/c8-10-7(4-11-5-7)6-1-2-9-3-6/h1-3,9-10H,4-5,8H2. The van der Waals surface area contributed by atoms with Gasteiger partial charge in [0, 0.05) is 12.4 Å². The summed E-state index contributed by atoms with van der Waals surface area (Å²) in [5, 5.41) is 0. The van der Waals surface area contributed by atoms with E-state index in [-0.39, 0.29) is 5.54 Å². The summed E-state index contributed by atoms with van der Waals surface area (Å²) >= 11 is 0. The van der Waals surface area contributed by atoms with E-state index in [1.54, 1.807) is 0 Å². The molecule has 4 heteroatoms. The molecule has 0 aliphatic carbocycles. The van der Waals surface area contributed by atoms with Crippen LogP contribution in [0.3, 0.4) is 0 Å². The molecule has 0 bridgehead atoms. The molecule has 0 unspecified atom stereocenters. The van der Waals surface area contributed by atoms with Crippen LogP contribution in [0.5, 0.6) is 0 Å². The maximum absolute atomic E-state index is 5.42. The van der Waals surface area contributed by atoms with Crippen molar-refractivity contribution in [3.05, 3.63) is 24.0 Å². The summed E-state index contributed by atoms with van der Waals surface area (Å²) in [4.78, 5) is 2.99. The summed E-state index contributed by atoms with van der Waals surface area (Å²) in [5.41, 5.74) is 3.79. The molecule has 1 fully saturated rings. The Morgan fingerprint density at radius 1 is 1.64 bits per heavy atom. The largest absolute Gasteiger partial charge is 0.377 e. The number of H-pyrrole nitrogens is 1. The molecular weight excluding hydrogens is 142 g/mol. The number of aromatic nitrogens is 1. The molecule has 2 rings (SSSR count). The zero-order valence-electron chi connectivity index (χ0n) is 6.13. The van der Waals surface area contributed by atoms with Crippen LogP contribution in [0.4, 0.5) is 0 Å². The maximum atomic E-state index is 5.42. The van der Waals surface area contributed by atoms with Crippen LogP contribution in [0.15, 0.2) is 18.5 Å². The third-order valence-corrected chi connectivity index (χ3v) is 2.12. The third-order valence-electron chi connectivity index (χ3n) is 2.12. The molecule has 1 saturated heterocycles. The van der Waals surface area contributed by atoms with Crippen molar-refractivity contribution >= 4 is 0 Å². The number of aromatic amines is 1. The SMILES string of the molecule is NNC1(c2cc[nH]c2)COC1. The van der Waals surface area contributed by atoms with Gasteiger partial charge in [-0.1, -0.05) is 0 Å². The van der Waals surface area contributed by atoms with E-state index in [2.05, 4.69) is 10.4 Å². The lowest BCUT2D eigenvalue weighted by Gasteiger charge is -2.40. The minimum Gasteiger partial charge on any atom is -0.377 e. The van der Waals surface area contributed by atoms with Gasteiger partial charge in [0.1, 0.15) is 5.54 Å².